The van der Waals surface area contributed by atoms with Crippen molar-refractivity contribution < 1.29 is 14.3 Å². The van der Waals surface area contributed by atoms with Crippen LogP contribution >= 0.6 is 11.8 Å². The third kappa shape index (κ3) is 5.15. The van der Waals surface area contributed by atoms with Gasteiger partial charge in [0.1, 0.15) is 5.75 Å². The number of anilines is 1. The second-order valence-corrected chi connectivity index (χ2v) is 8.77. The van der Waals surface area contributed by atoms with Crippen LogP contribution in [0, 0.1) is 0 Å². The average molecular weight is 474 g/mol. The molecule has 1 amide bonds. The summed E-state index contributed by atoms with van der Waals surface area (Å²) in [5.41, 5.74) is 2.85. The van der Waals surface area contributed by atoms with Crippen molar-refractivity contribution >= 4 is 29.1 Å². The highest BCUT2D eigenvalue weighted by atomic mass is 32.2. The van der Waals surface area contributed by atoms with E-state index in [9.17, 15) is 9.59 Å². The molecule has 2 heterocycles. The van der Waals surface area contributed by atoms with Crippen LogP contribution in [0.2, 0.25) is 0 Å². The molecule has 0 saturated carbocycles. The van der Waals surface area contributed by atoms with Crippen LogP contribution in [0.15, 0.2) is 78.2 Å². The van der Waals surface area contributed by atoms with Crippen LogP contribution in [0.1, 0.15) is 24.2 Å². The van der Waals surface area contributed by atoms with E-state index in [1.165, 1.54) is 18.7 Å². The monoisotopic (exact) mass is 473 g/mol. The number of nitrogens with one attached hydrogen (secondary N) is 1. The predicted molar refractivity (Wildman–Crippen MR) is 132 cm³/mol. The van der Waals surface area contributed by atoms with E-state index in [4.69, 9.17) is 4.74 Å². The summed E-state index contributed by atoms with van der Waals surface area (Å²) in [6.45, 7) is 3.31. The zero-order valence-corrected chi connectivity index (χ0v) is 19.7. The Morgan fingerprint density at radius 3 is 2.38 bits per heavy atom. The fraction of sp³-hybridized carbons (Fsp3) is 0.160. The summed E-state index contributed by atoms with van der Waals surface area (Å²) in [5.74, 6) is 1.14. The molecule has 0 saturated heterocycles. The largest absolute Gasteiger partial charge is 0.497 e. The van der Waals surface area contributed by atoms with Crippen molar-refractivity contribution in [2.24, 2.45) is 0 Å². The summed E-state index contributed by atoms with van der Waals surface area (Å²) in [7, 11) is 1.62. The Kier molecular flexibility index (Phi) is 7.03. The number of aromatic nitrogens is 4. The quantitative estimate of drug-likeness (QED) is 0.293. The van der Waals surface area contributed by atoms with Crippen LogP contribution in [0.25, 0.3) is 17.1 Å². The van der Waals surface area contributed by atoms with E-state index in [-0.39, 0.29) is 11.7 Å². The SMILES string of the molecule is COc1ccc(-n2c(S[C@@H](C)C(=O)Nc3ccc(C(C)=O)cc3)nnc2-c2cccnc2)cc1. The maximum Gasteiger partial charge on any atom is 0.237 e. The molecular weight excluding hydrogens is 450 g/mol. The van der Waals surface area contributed by atoms with Crippen LogP contribution in [0.3, 0.4) is 0 Å². The van der Waals surface area contributed by atoms with Crippen LogP contribution in [0.5, 0.6) is 5.75 Å². The second kappa shape index (κ2) is 10.3. The van der Waals surface area contributed by atoms with Gasteiger partial charge in [-0.1, -0.05) is 11.8 Å². The summed E-state index contributed by atoms with van der Waals surface area (Å²) in [6, 6.07) is 18.1. The summed E-state index contributed by atoms with van der Waals surface area (Å²) >= 11 is 1.30. The zero-order valence-electron chi connectivity index (χ0n) is 18.9. The Morgan fingerprint density at radius 1 is 1.03 bits per heavy atom. The number of benzene rings is 2. The molecule has 2 aromatic carbocycles. The van der Waals surface area contributed by atoms with E-state index in [1.807, 2.05) is 41.0 Å². The van der Waals surface area contributed by atoms with Gasteiger partial charge in [0.25, 0.3) is 0 Å². The molecule has 0 aliphatic rings. The minimum atomic E-state index is -0.463. The van der Waals surface area contributed by atoms with Gasteiger partial charge in [0, 0.05) is 34.9 Å². The smallest absolute Gasteiger partial charge is 0.237 e. The highest BCUT2D eigenvalue weighted by molar-refractivity contribution is 8.00. The van der Waals surface area contributed by atoms with Gasteiger partial charge in [-0.15, -0.1) is 10.2 Å². The lowest BCUT2D eigenvalue weighted by Crippen LogP contribution is -2.23. The number of carbonyl (C=O) groups excluding carboxylic acids is 2. The van der Waals surface area contributed by atoms with Gasteiger partial charge < -0.3 is 10.1 Å². The summed E-state index contributed by atoms with van der Waals surface area (Å²) in [6.07, 6.45) is 3.42. The van der Waals surface area contributed by atoms with Gasteiger partial charge in [-0.05, 0) is 74.5 Å². The molecule has 34 heavy (non-hydrogen) atoms. The van der Waals surface area contributed by atoms with Crippen LogP contribution in [-0.4, -0.2) is 43.8 Å². The number of ether oxygens (including phenoxy) is 1. The number of rotatable bonds is 8. The molecule has 0 bridgehead atoms. The topological polar surface area (TPSA) is 99.0 Å². The normalized spacial score (nSPS) is 11.6. The Balaban J connectivity index is 1.59. The number of Topliss-reactive ketones (excluding diaryl/α,β-unsaturated/α-hetero) is 1. The number of hydrogen-bond acceptors (Lipinski definition) is 7. The summed E-state index contributed by atoms with van der Waals surface area (Å²) < 4.78 is 7.17. The first-order chi connectivity index (χ1) is 16.5. The van der Waals surface area contributed by atoms with Crippen molar-refractivity contribution in [2.75, 3.05) is 12.4 Å². The molecule has 0 unspecified atom stereocenters. The minimum Gasteiger partial charge on any atom is -0.497 e. The predicted octanol–water partition coefficient (Wildman–Crippen LogP) is 4.66. The lowest BCUT2D eigenvalue weighted by Gasteiger charge is -2.14. The number of amides is 1. The summed E-state index contributed by atoms with van der Waals surface area (Å²) in [4.78, 5) is 28.5. The highest BCUT2D eigenvalue weighted by Crippen LogP contribution is 2.31. The third-order valence-corrected chi connectivity index (χ3v) is 6.14. The molecule has 0 spiro atoms. The van der Waals surface area contributed by atoms with Gasteiger partial charge in [0.05, 0.1) is 12.4 Å². The fourth-order valence-electron chi connectivity index (χ4n) is 3.24. The maximum atomic E-state index is 12.9. The Labute approximate surface area is 201 Å². The van der Waals surface area contributed by atoms with E-state index in [0.717, 1.165) is 17.0 Å². The first-order valence-electron chi connectivity index (χ1n) is 10.5. The number of ketones is 1. The Morgan fingerprint density at radius 2 is 1.76 bits per heavy atom. The van der Waals surface area contributed by atoms with Gasteiger partial charge in [0.15, 0.2) is 16.8 Å². The Hall–Kier alpha value is -3.98. The number of carbonyl (C=O) groups is 2. The molecule has 0 aliphatic heterocycles. The van der Waals surface area contributed by atoms with Gasteiger partial charge in [-0.3, -0.25) is 19.1 Å². The lowest BCUT2D eigenvalue weighted by atomic mass is 10.1. The van der Waals surface area contributed by atoms with E-state index < -0.39 is 5.25 Å². The molecule has 0 fully saturated rings. The molecule has 172 valence electrons. The number of nitrogens with zero attached hydrogens (tertiary/aromatic N) is 4. The molecule has 0 aliphatic carbocycles. The van der Waals surface area contributed by atoms with Gasteiger partial charge in [-0.2, -0.15) is 0 Å². The first-order valence-corrected chi connectivity index (χ1v) is 11.4. The molecule has 4 rings (SSSR count). The van der Waals surface area contributed by atoms with E-state index in [1.54, 1.807) is 50.7 Å². The van der Waals surface area contributed by atoms with Crippen LogP contribution in [-0.2, 0) is 4.79 Å². The standard InChI is InChI=1S/C25H23N5O3S/c1-16(31)18-6-8-20(9-7-18)27-24(32)17(2)34-25-29-28-23(19-5-4-14-26-15-19)30(25)21-10-12-22(33-3)13-11-21/h4-15,17H,1-3H3,(H,27,32)/t17-/m0/s1. The second-order valence-electron chi connectivity index (χ2n) is 7.46. The van der Waals surface area contributed by atoms with Crippen molar-refractivity contribution in [3.63, 3.8) is 0 Å². The molecule has 9 heteroatoms. The number of methoxy groups -OCH3 is 1. The maximum absolute atomic E-state index is 12.9. The van der Waals surface area contributed by atoms with Crippen molar-refractivity contribution in [1.29, 1.82) is 0 Å². The van der Waals surface area contributed by atoms with E-state index in [2.05, 4.69) is 20.5 Å². The molecule has 4 aromatic rings. The highest BCUT2D eigenvalue weighted by Gasteiger charge is 2.22. The molecule has 1 N–H and O–H groups in total. The molecule has 2 aromatic heterocycles. The lowest BCUT2D eigenvalue weighted by molar-refractivity contribution is -0.115. The number of thioether (sulfide) groups is 1. The van der Waals surface area contributed by atoms with Crippen molar-refractivity contribution in [3.8, 4) is 22.8 Å². The molecule has 8 nitrogen and oxygen atoms in total. The number of pyridine rings is 1. The molecular formula is C25H23N5O3S. The molecule has 1 atom stereocenters. The van der Waals surface area contributed by atoms with Gasteiger partial charge in [0.2, 0.25) is 5.91 Å². The van der Waals surface area contributed by atoms with Crippen molar-refractivity contribution in [1.82, 2.24) is 19.7 Å². The summed E-state index contributed by atoms with van der Waals surface area (Å²) in [5, 5.41) is 11.7. The van der Waals surface area contributed by atoms with Crippen LogP contribution < -0.4 is 10.1 Å². The van der Waals surface area contributed by atoms with E-state index in [0.29, 0.717) is 22.2 Å². The van der Waals surface area contributed by atoms with Gasteiger partial charge in [-0.25, -0.2) is 0 Å². The fourth-order valence-corrected chi connectivity index (χ4v) is 4.10. The number of hydrogen-bond donors (Lipinski definition) is 1. The van der Waals surface area contributed by atoms with Crippen molar-refractivity contribution in [2.45, 2.75) is 24.3 Å². The zero-order chi connectivity index (χ0) is 24.1. The first kappa shape index (κ1) is 23.2. The third-order valence-electron chi connectivity index (χ3n) is 5.09. The van der Waals surface area contributed by atoms with E-state index >= 15 is 0 Å². The average Bonchev–Trinajstić information content (AvgIpc) is 3.28. The van der Waals surface area contributed by atoms with Gasteiger partial charge >= 0.3 is 0 Å². The molecule has 0 radical (unpaired) electrons. The minimum absolute atomic E-state index is 0.0240. The van der Waals surface area contributed by atoms with Crippen LogP contribution in [0.4, 0.5) is 5.69 Å². The Bertz CT molecular complexity index is 1290. The van der Waals surface area contributed by atoms with Crippen molar-refractivity contribution in [3.05, 3.63) is 78.6 Å².